The first-order valence-corrected chi connectivity index (χ1v) is 10.5. The van der Waals surface area contributed by atoms with Crippen molar-refractivity contribution in [1.82, 2.24) is 4.72 Å². The van der Waals surface area contributed by atoms with Crippen LogP contribution in [0.3, 0.4) is 0 Å². The van der Waals surface area contributed by atoms with Crippen LogP contribution < -0.4 is 4.72 Å². The maximum Gasteiger partial charge on any atom is 0.416 e. The Bertz CT molecular complexity index is 1010. The molecule has 1 N–H and O–H groups in total. The van der Waals surface area contributed by atoms with Crippen molar-refractivity contribution in [2.45, 2.75) is 30.0 Å². The van der Waals surface area contributed by atoms with Gasteiger partial charge in [-0.2, -0.15) is 13.2 Å². The number of halogens is 4. The zero-order valence-electron chi connectivity index (χ0n) is 14.6. The molecular weight excluding hydrogens is 461 g/mol. The summed E-state index contributed by atoms with van der Waals surface area (Å²) in [5, 5.41) is 3.84. The number of nitrogens with zero attached hydrogens (tertiary/aromatic N) is 1. The van der Waals surface area contributed by atoms with Gasteiger partial charge in [0.25, 0.3) is 0 Å². The van der Waals surface area contributed by atoms with E-state index in [0.717, 1.165) is 17.7 Å². The molecule has 0 aromatic heterocycles. The minimum atomic E-state index is -4.39. The van der Waals surface area contributed by atoms with Crippen LogP contribution in [0.1, 0.15) is 34.8 Å². The second-order valence-corrected chi connectivity index (χ2v) is 9.01. The van der Waals surface area contributed by atoms with E-state index in [2.05, 4.69) is 25.8 Å². The molecule has 0 saturated carbocycles. The van der Waals surface area contributed by atoms with Gasteiger partial charge in [0.1, 0.15) is 4.62 Å². The molecule has 0 unspecified atom stereocenters. The van der Waals surface area contributed by atoms with E-state index in [1.54, 1.807) is 6.07 Å². The third-order valence-electron chi connectivity index (χ3n) is 4.35. The van der Waals surface area contributed by atoms with Gasteiger partial charge in [-0.3, -0.25) is 0 Å². The molecule has 0 bridgehead atoms. The van der Waals surface area contributed by atoms with Crippen LogP contribution in [0.4, 0.5) is 13.2 Å². The highest BCUT2D eigenvalue weighted by atomic mass is 79.9. The van der Waals surface area contributed by atoms with Crippen LogP contribution in [0.15, 0.2) is 52.5 Å². The van der Waals surface area contributed by atoms with Crippen molar-refractivity contribution >= 4 is 30.6 Å². The number of oxime groups is 1. The van der Waals surface area contributed by atoms with Gasteiger partial charge in [-0.15, -0.1) is 0 Å². The summed E-state index contributed by atoms with van der Waals surface area (Å²) in [6.07, 6.45) is -4.12. The van der Waals surface area contributed by atoms with Gasteiger partial charge < -0.3 is 4.84 Å². The van der Waals surface area contributed by atoms with Crippen molar-refractivity contribution in [3.05, 3.63) is 64.7 Å². The van der Waals surface area contributed by atoms with Crippen LogP contribution in [0.5, 0.6) is 0 Å². The van der Waals surface area contributed by atoms with E-state index in [9.17, 15) is 21.6 Å². The molecule has 1 aliphatic rings. The summed E-state index contributed by atoms with van der Waals surface area (Å²) in [5.41, 5.74) is 1.31. The quantitative estimate of drug-likeness (QED) is 0.696. The monoisotopic (exact) mass is 476 g/mol. The fraction of sp³-hybridized carbons (Fsp3) is 0.278. The summed E-state index contributed by atoms with van der Waals surface area (Å²) in [4.78, 5) is 5.45. The highest BCUT2D eigenvalue weighted by molar-refractivity contribution is 9.18. The highest BCUT2D eigenvalue weighted by Gasteiger charge is 2.30. The topological polar surface area (TPSA) is 67.8 Å². The van der Waals surface area contributed by atoms with Gasteiger partial charge in [0, 0.05) is 12.0 Å². The summed E-state index contributed by atoms with van der Waals surface area (Å²) in [5.74, 6) is 0. The molecule has 10 heteroatoms. The molecule has 0 radical (unpaired) electrons. The number of nitrogens with one attached hydrogen (secondary N) is 1. The lowest BCUT2D eigenvalue weighted by atomic mass is 9.95. The van der Waals surface area contributed by atoms with Crippen molar-refractivity contribution in [2.75, 3.05) is 7.05 Å². The molecule has 1 heterocycles. The molecule has 28 heavy (non-hydrogen) atoms. The van der Waals surface area contributed by atoms with E-state index in [1.807, 2.05) is 0 Å². The Morgan fingerprint density at radius 1 is 1.21 bits per heavy atom. The normalized spacial score (nSPS) is 17.3. The Labute approximate surface area is 168 Å². The van der Waals surface area contributed by atoms with Crippen molar-refractivity contribution in [3.63, 3.8) is 0 Å². The maximum atomic E-state index is 12.7. The van der Waals surface area contributed by atoms with Crippen molar-refractivity contribution in [1.29, 1.82) is 0 Å². The number of sulfonamides is 1. The number of hydrogen-bond donors (Lipinski definition) is 1. The minimum absolute atomic E-state index is 0.0767. The summed E-state index contributed by atoms with van der Waals surface area (Å²) in [7, 11) is -2.34. The first-order valence-electron chi connectivity index (χ1n) is 8.21. The van der Waals surface area contributed by atoms with Crippen molar-refractivity contribution in [3.8, 4) is 0 Å². The van der Waals surface area contributed by atoms with Crippen LogP contribution in [-0.4, -0.2) is 20.1 Å². The molecule has 0 fully saturated rings. The van der Waals surface area contributed by atoms with Crippen LogP contribution in [0.2, 0.25) is 0 Å². The van der Waals surface area contributed by atoms with E-state index in [4.69, 9.17) is 4.84 Å². The summed E-state index contributed by atoms with van der Waals surface area (Å²) in [6.45, 7) is 0. The largest absolute Gasteiger partial charge is 0.416 e. The predicted octanol–water partition coefficient (Wildman–Crippen LogP) is 4.37. The SMILES string of the molecule is CNS(=O)(=O)c1ccc(Cc2ccc(C(F)(F)F)cc2)c([C@H]2CC(Br)=NO2)c1. The lowest BCUT2D eigenvalue weighted by molar-refractivity contribution is -0.137. The molecule has 2 aromatic rings. The molecule has 1 atom stereocenters. The Morgan fingerprint density at radius 3 is 2.43 bits per heavy atom. The first-order chi connectivity index (χ1) is 13.1. The molecule has 0 saturated heterocycles. The first kappa shape index (κ1) is 20.8. The molecule has 0 amide bonds. The lowest BCUT2D eigenvalue weighted by Crippen LogP contribution is -2.19. The third-order valence-corrected chi connectivity index (χ3v) is 6.23. The lowest BCUT2D eigenvalue weighted by Gasteiger charge is -2.16. The number of alkyl halides is 3. The number of benzene rings is 2. The van der Waals surface area contributed by atoms with Crippen LogP contribution in [-0.2, 0) is 27.5 Å². The average molecular weight is 477 g/mol. The Hall–Kier alpha value is -1.91. The number of hydrogen-bond acceptors (Lipinski definition) is 4. The summed E-state index contributed by atoms with van der Waals surface area (Å²) >= 11 is 3.25. The summed E-state index contributed by atoms with van der Waals surface area (Å²) < 4.78 is 65.4. The zero-order chi connectivity index (χ0) is 20.5. The van der Waals surface area contributed by atoms with E-state index in [-0.39, 0.29) is 4.90 Å². The Kier molecular flexibility index (Phi) is 5.83. The average Bonchev–Trinajstić information content (AvgIpc) is 3.08. The van der Waals surface area contributed by atoms with Crippen LogP contribution in [0, 0.1) is 0 Å². The third kappa shape index (κ3) is 4.56. The fourth-order valence-corrected chi connectivity index (χ4v) is 4.01. The smallest absolute Gasteiger partial charge is 0.386 e. The van der Waals surface area contributed by atoms with E-state index >= 15 is 0 Å². The molecule has 1 aliphatic heterocycles. The van der Waals surface area contributed by atoms with Gasteiger partial charge in [0.15, 0.2) is 6.10 Å². The number of rotatable bonds is 5. The molecular formula is C18H16BrF3N2O3S. The second-order valence-electron chi connectivity index (χ2n) is 6.21. The maximum absolute atomic E-state index is 12.7. The Balaban J connectivity index is 1.95. The zero-order valence-corrected chi connectivity index (χ0v) is 17.0. The molecule has 0 aliphatic carbocycles. The minimum Gasteiger partial charge on any atom is -0.386 e. The van der Waals surface area contributed by atoms with Gasteiger partial charge in [-0.1, -0.05) is 23.4 Å². The fourth-order valence-electron chi connectivity index (χ4n) is 2.87. The molecule has 150 valence electrons. The van der Waals surface area contributed by atoms with Gasteiger partial charge in [0.2, 0.25) is 10.0 Å². The molecule has 3 rings (SSSR count). The second kappa shape index (κ2) is 7.84. The van der Waals surface area contributed by atoms with Gasteiger partial charge in [-0.05, 0) is 64.8 Å². The summed E-state index contributed by atoms with van der Waals surface area (Å²) in [6, 6.07) is 9.49. The molecule has 2 aromatic carbocycles. The van der Waals surface area contributed by atoms with Gasteiger partial charge in [-0.25, -0.2) is 13.1 Å². The molecule has 5 nitrogen and oxygen atoms in total. The molecule has 0 spiro atoms. The van der Waals surface area contributed by atoms with E-state index in [1.165, 1.54) is 31.3 Å². The van der Waals surface area contributed by atoms with E-state index in [0.29, 0.717) is 28.6 Å². The standard InChI is InChI=1S/C18H16BrF3N2O3S/c1-23-28(25,26)14-7-4-12(15(9-14)16-10-17(19)24-27-16)8-11-2-5-13(6-3-11)18(20,21)22/h2-7,9,16,23H,8,10H2,1H3/t16-/m1/s1. The van der Waals surface area contributed by atoms with Gasteiger partial charge in [0.05, 0.1) is 10.5 Å². The van der Waals surface area contributed by atoms with E-state index < -0.39 is 27.9 Å². The van der Waals surface area contributed by atoms with Crippen molar-refractivity contribution < 1.29 is 26.4 Å². The Morgan fingerprint density at radius 2 is 1.89 bits per heavy atom. The van der Waals surface area contributed by atoms with Gasteiger partial charge >= 0.3 is 6.18 Å². The van der Waals surface area contributed by atoms with Crippen LogP contribution >= 0.6 is 15.9 Å². The van der Waals surface area contributed by atoms with Crippen molar-refractivity contribution in [2.24, 2.45) is 5.16 Å². The predicted molar refractivity (Wildman–Crippen MR) is 102 cm³/mol. The highest BCUT2D eigenvalue weighted by Crippen LogP contribution is 2.34. The van der Waals surface area contributed by atoms with Crippen LogP contribution in [0.25, 0.3) is 0 Å².